The summed E-state index contributed by atoms with van der Waals surface area (Å²) in [6.45, 7) is 11.4. The summed E-state index contributed by atoms with van der Waals surface area (Å²) in [6.07, 6.45) is 1.85. The minimum Gasteiger partial charge on any atom is -0.497 e. The molecular weight excluding hydrogens is 731 g/mol. The molecule has 2 aliphatic carbocycles. The maximum Gasteiger partial charge on any atom is 0.416 e. The molecule has 2 aliphatic heterocycles. The lowest BCUT2D eigenvalue weighted by atomic mass is 9.52. The second-order valence-corrected chi connectivity index (χ2v) is 17.8. The molecule has 2 fully saturated rings. The highest BCUT2D eigenvalue weighted by molar-refractivity contribution is 6.10. The smallest absolute Gasteiger partial charge is 0.416 e. The van der Waals surface area contributed by atoms with Gasteiger partial charge >= 0.3 is 6.18 Å². The zero-order valence-corrected chi connectivity index (χ0v) is 33.2. The molecular formula is C48H47F4NO4. The van der Waals surface area contributed by atoms with Crippen molar-refractivity contribution in [2.24, 2.45) is 10.8 Å². The third-order valence-corrected chi connectivity index (χ3v) is 12.6. The first-order valence-corrected chi connectivity index (χ1v) is 19.6. The minimum absolute atomic E-state index is 0.199. The molecule has 4 aliphatic rings. The van der Waals surface area contributed by atoms with Crippen molar-refractivity contribution in [3.8, 4) is 28.4 Å². The first-order valence-electron chi connectivity index (χ1n) is 19.6. The van der Waals surface area contributed by atoms with Crippen LogP contribution in [0.2, 0.25) is 0 Å². The number of benzene rings is 5. The van der Waals surface area contributed by atoms with E-state index in [-0.39, 0.29) is 16.6 Å². The van der Waals surface area contributed by atoms with Gasteiger partial charge in [0.1, 0.15) is 23.1 Å². The Morgan fingerprint density at radius 1 is 0.737 bits per heavy atom. The Balaban J connectivity index is 1.41. The van der Waals surface area contributed by atoms with Crippen LogP contribution in [0.4, 0.5) is 23.2 Å². The largest absolute Gasteiger partial charge is 0.497 e. The normalized spacial score (nSPS) is 21.5. The van der Waals surface area contributed by atoms with Gasteiger partial charge < -0.3 is 23.8 Å². The van der Waals surface area contributed by atoms with E-state index in [4.69, 9.17) is 18.9 Å². The summed E-state index contributed by atoms with van der Waals surface area (Å²) in [6, 6.07) is 22.5. The molecule has 0 bridgehead atoms. The van der Waals surface area contributed by atoms with Crippen molar-refractivity contribution in [1.29, 1.82) is 0 Å². The van der Waals surface area contributed by atoms with E-state index in [1.165, 1.54) is 24.3 Å². The molecule has 0 N–H and O–H groups in total. The Bertz CT molecular complexity index is 2410. The molecule has 5 aromatic rings. The molecule has 1 unspecified atom stereocenters. The predicted octanol–water partition coefficient (Wildman–Crippen LogP) is 11.7. The monoisotopic (exact) mass is 777 g/mol. The quantitative estimate of drug-likeness (QED) is 0.166. The highest BCUT2D eigenvalue weighted by Crippen LogP contribution is 2.67. The zero-order valence-electron chi connectivity index (χ0n) is 33.2. The van der Waals surface area contributed by atoms with Crippen LogP contribution in [0.25, 0.3) is 28.0 Å². The van der Waals surface area contributed by atoms with Crippen molar-refractivity contribution in [2.75, 3.05) is 45.4 Å². The average Bonchev–Trinajstić information content (AvgIpc) is 3.44. The molecule has 9 rings (SSSR count). The summed E-state index contributed by atoms with van der Waals surface area (Å²) < 4.78 is 83.5. The van der Waals surface area contributed by atoms with Crippen molar-refractivity contribution in [3.63, 3.8) is 0 Å². The van der Waals surface area contributed by atoms with Gasteiger partial charge in [-0.2, -0.15) is 13.2 Å². The number of hydrogen-bond donors (Lipinski definition) is 0. The van der Waals surface area contributed by atoms with Gasteiger partial charge in [-0.1, -0.05) is 64.1 Å². The summed E-state index contributed by atoms with van der Waals surface area (Å²) in [7, 11) is 3.27. The number of fused-ring (bicyclic) bond motifs is 10. The molecule has 2 heterocycles. The van der Waals surface area contributed by atoms with Crippen molar-refractivity contribution in [1.82, 2.24) is 0 Å². The van der Waals surface area contributed by atoms with Crippen LogP contribution in [-0.4, -0.2) is 40.5 Å². The molecule has 9 heteroatoms. The molecule has 1 spiro atoms. The van der Waals surface area contributed by atoms with Crippen molar-refractivity contribution < 1.29 is 36.5 Å². The van der Waals surface area contributed by atoms with Gasteiger partial charge in [0.2, 0.25) is 0 Å². The number of ether oxygens (including phenoxy) is 4. The Morgan fingerprint density at radius 3 is 2.00 bits per heavy atom. The third-order valence-electron chi connectivity index (χ3n) is 12.6. The van der Waals surface area contributed by atoms with E-state index >= 15 is 0 Å². The van der Waals surface area contributed by atoms with Gasteiger partial charge in [0, 0.05) is 40.6 Å². The number of morpholine rings is 1. The lowest BCUT2D eigenvalue weighted by molar-refractivity contribution is -0.137. The fourth-order valence-corrected chi connectivity index (χ4v) is 11.1. The van der Waals surface area contributed by atoms with Crippen molar-refractivity contribution in [2.45, 2.75) is 64.1 Å². The number of methoxy groups -OCH3 is 2. The van der Waals surface area contributed by atoms with Crippen LogP contribution < -0.4 is 19.1 Å². The summed E-state index contributed by atoms with van der Waals surface area (Å²) in [5.41, 5.74) is 3.70. The Labute approximate surface area is 331 Å². The Kier molecular flexibility index (Phi) is 8.56. The minimum atomic E-state index is -4.51. The predicted molar refractivity (Wildman–Crippen MR) is 216 cm³/mol. The van der Waals surface area contributed by atoms with E-state index in [0.717, 1.165) is 50.7 Å². The number of nitrogens with zero attached hydrogens (tertiary/aromatic N) is 1. The van der Waals surface area contributed by atoms with Crippen LogP contribution in [0.5, 0.6) is 17.2 Å². The van der Waals surface area contributed by atoms with Crippen LogP contribution in [-0.2, 0) is 21.9 Å². The number of anilines is 1. The lowest BCUT2D eigenvalue weighted by Gasteiger charge is -2.52. The summed E-state index contributed by atoms with van der Waals surface area (Å²) in [5.74, 6) is 1.56. The number of halogens is 4. The zero-order chi connectivity index (χ0) is 40.1. The molecule has 5 nitrogen and oxygen atoms in total. The first kappa shape index (κ1) is 37.6. The summed E-state index contributed by atoms with van der Waals surface area (Å²) in [5, 5.41) is 1.65. The number of hydrogen-bond acceptors (Lipinski definition) is 5. The van der Waals surface area contributed by atoms with Crippen molar-refractivity contribution in [3.05, 3.63) is 124 Å². The van der Waals surface area contributed by atoms with E-state index in [1.54, 1.807) is 32.4 Å². The van der Waals surface area contributed by atoms with Crippen LogP contribution >= 0.6 is 0 Å². The second kappa shape index (κ2) is 13.0. The molecule has 296 valence electrons. The van der Waals surface area contributed by atoms with Gasteiger partial charge in [-0.25, -0.2) is 4.39 Å². The highest BCUT2D eigenvalue weighted by Gasteiger charge is 2.56. The SMILES string of the molecule is COc1ccc(C2(c3ccc(F)cc3)C=Cc3c4c(c5cc(N6CCOCC6)c(OC)cc5c3O2)-c2ccc(C(F)(F)F)cc2C42CC(C)(C)CC(C)(C)C2)cc1. The standard InChI is InChI=1S/C48H47F4NO4/c1-44(2)26-45(3,4)28-46(27-44)38-23-31(48(50,51)52)11-16-34(38)41-36-24-39(53-19-21-56-22-20-53)40(55-6)25-37(36)43-35(42(41)46)17-18-47(57-43,29-7-12-32(49)13-8-29)30-9-14-33(54-5)15-10-30/h7-18,23-25H,19-22,26-28H2,1-6H3. The average molecular weight is 778 g/mol. The van der Waals surface area contributed by atoms with Gasteiger partial charge in [-0.15, -0.1) is 0 Å². The molecule has 1 saturated carbocycles. The summed E-state index contributed by atoms with van der Waals surface area (Å²) >= 11 is 0. The van der Waals surface area contributed by atoms with Crippen LogP contribution in [0.15, 0.2) is 84.9 Å². The highest BCUT2D eigenvalue weighted by atomic mass is 19.4. The van der Waals surface area contributed by atoms with E-state index in [9.17, 15) is 17.6 Å². The third kappa shape index (κ3) is 5.98. The van der Waals surface area contributed by atoms with E-state index in [1.807, 2.05) is 36.4 Å². The fraction of sp³-hybridized carbons (Fsp3) is 0.375. The van der Waals surface area contributed by atoms with Gasteiger partial charge in [0.15, 0.2) is 5.60 Å². The second-order valence-electron chi connectivity index (χ2n) is 17.8. The maximum absolute atomic E-state index is 14.7. The Hall–Kier alpha value is -5.02. The van der Waals surface area contributed by atoms with E-state index in [2.05, 4.69) is 44.7 Å². The fourth-order valence-electron chi connectivity index (χ4n) is 11.1. The van der Waals surface area contributed by atoms with Crippen LogP contribution in [0, 0.1) is 16.6 Å². The molecule has 0 aromatic heterocycles. The summed E-state index contributed by atoms with van der Waals surface area (Å²) in [4.78, 5) is 2.25. The van der Waals surface area contributed by atoms with Gasteiger partial charge in [0.05, 0.1) is 38.7 Å². The molecule has 57 heavy (non-hydrogen) atoms. The molecule has 1 saturated heterocycles. The molecule has 1 atom stereocenters. The lowest BCUT2D eigenvalue weighted by Crippen LogP contribution is -2.44. The molecule has 0 radical (unpaired) electrons. The topological polar surface area (TPSA) is 40.2 Å². The molecule has 0 amide bonds. The van der Waals surface area contributed by atoms with Gasteiger partial charge in [0.25, 0.3) is 0 Å². The van der Waals surface area contributed by atoms with Crippen molar-refractivity contribution >= 4 is 22.5 Å². The van der Waals surface area contributed by atoms with Gasteiger partial charge in [-0.3, -0.25) is 0 Å². The van der Waals surface area contributed by atoms with Crippen LogP contribution in [0.1, 0.15) is 80.3 Å². The number of alkyl halides is 3. The number of rotatable bonds is 5. The van der Waals surface area contributed by atoms with Crippen LogP contribution in [0.3, 0.4) is 0 Å². The Morgan fingerprint density at radius 2 is 1.39 bits per heavy atom. The molecule has 5 aromatic carbocycles. The van der Waals surface area contributed by atoms with E-state index < -0.39 is 22.8 Å². The van der Waals surface area contributed by atoms with Gasteiger partial charge in [-0.05, 0) is 112 Å². The first-order chi connectivity index (χ1) is 27.1. The maximum atomic E-state index is 14.7. The van der Waals surface area contributed by atoms with E-state index in [0.29, 0.717) is 67.5 Å².